The summed E-state index contributed by atoms with van der Waals surface area (Å²) in [7, 11) is 1.56. The number of oxime groups is 1. The Labute approximate surface area is 166 Å². The number of carbonyl (C=O) groups is 1. The summed E-state index contributed by atoms with van der Waals surface area (Å²) in [4.78, 5) is 22.2. The first-order valence-corrected chi connectivity index (χ1v) is 9.12. The van der Waals surface area contributed by atoms with E-state index < -0.39 is 5.97 Å². The number of carbonyl (C=O) groups excluding carboxylic acids is 1. The average Bonchev–Trinajstić information content (AvgIpc) is 2.71. The fourth-order valence-corrected chi connectivity index (χ4v) is 2.95. The van der Waals surface area contributed by atoms with Gasteiger partial charge in [-0.15, -0.1) is 0 Å². The third-order valence-electron chi connectivity index (χ3n) is 3.46. The molecule has 1 aromatic heterocycles. The lowest BCUT2D eigenvalue weighted by Gasteiger charge is -2.02. The van der Waals surface area contributed by atoms with Crippen LogP contribution in [0.1, 0.15) is 15.9 Å². The molecular weight excluding hydrogens is 384 g/mol. The van der Waals surface area contributed by atoms with E-state index in [1.165, 1.54) is 18.0 Å². The van der Waals surface area contributed by atoms with Gasteiger partial charge in [-0.3, -0.25) is 0 Å². The van der Waals surface area contributed by atoms with Crippen molar-refractivity contribution >= 4 is 35.5 Å². The number of pyridine rings is 1. The van der Waals surface area contributed by atoms with Gasteiger partial charge in [0, 0.05) is 21.7 Å². The van der Waals surface area contributed by atoms with Crippen molar-refractivity contribution in [3.8, 4) is 5.75 Å². The van der Waals surface area contributed by atoms with Gasteiger partial charge in [0.1, 0.15) is 10.8 Å². The molecule has 0 aliphatic rings. The first-order valence-electron chi connectivity index (χ1n) is 7.92. The first-order chi connectivity index (χ1) is 13.1. The molecule has 0 spiro atoms. The summed E-state index contributed by atoms with van der Waals surface area (Å²) in [5.41, 5.74) is 1.11. The minimum atomic E-state index is -0.545. The van der Waals surface area contributed by atoms with Crippen LogP contribution in [0.25, 0.3) is 0 Å². The topological polar surface area (TPSA) is 60.8 Å². The van der Waals surface area contributed by atoms with E-state index in [9.17, 15) is 4.79 Å². The predicted octanol–water partition coefficient (Wildman–Crippen LogP) is 5.09. The molecule has 0 aliphatic carbocycles. The van der Waals surface area contributed by atoms with Crippen LogP contribution in [0, 0.1) is 0 Å². The zero-order valence-corrected chi connectivity index (χ0v) is 15.9. The molecule has 2 aromatic carbocycles. The van der Waals surface area contributed by atoms with Crippen molar-refractivity contribution < 1.29 is 14.4 Å². The Morgan fingerprint density at radius 1 is 1.07 bits per heavy atom. The van der Waals surface area contributed by atoms with Gasteiger partial charge in [0.15, 0.2) is 0 Å². The lowest BCUT2D eigenvalue weighted by molar-refractivity contribution is 0.0519. The van der Waals surface area contributed by atoms with Gasteiger partial charge < -0.3 is 9.57 Å². The molecule has 136 valence electrons. The van der Waals surface area contributed by atoms with Crippen molar-refractivity contribution in [1.29, 1.82) is 0 Å². The summed E-state index contributed by atoms with van der Waals surface area (Å²) in [5, 5.41) is 5.25. The quantitative estimate of drug-likeness (QED) is 0.329. The van der Waals surface area contributed by atoms with Crippen molar-refractivity contribution in [2.75, 3.05) is 7.11 Å². The van der Waals surface area contributed by atoms with E-state index in [4.69, 9.17) is 21.2 Å². The highest BCUT2D eigenvalue weighted by Crippen LogP contribution is 2.26. The number of aromatic nitrogens is 1. The number of ether oxygens (including phenoxy) is 1. The summed E-state index contributed by atoms with van der Waals surface area (Å²) in [6.07, 6.45) is 3.09. The van der Waals surface area contributed by atoms with Gasteiger partial charge >= 0.3 is 5.97 Å². The molecule has 0 aliphatic heterocycles. The smallest absolute Gasteiger partial charge is 0.365 e. The fourth-order valence-electron chi connectivity index (χ4n) is 2.07. The Hall–Kier alpha value is -2.83. The molecule has 27 heavy (non-hydrogen) atoms. The van der Waals surface area contributed by atoms with E-state index in [2.05, 4.69) is 10.1 Å². The second-order valence-electron chi connectivity index (χ2n) is 5.33. The maximum Gasteiger partial charge on any atom is 0.365 e. The standard InChI is InChI=1S/C20H15ClN2O3S/c1-25-17-7-3-15(4-8-17)20(24)26-23-13-14-2-11-19(22-12-14)27-18-9-5-16(21)6-10-18/h2-13H,1H3/b23-13+. The molecule has 0 atom stereocenters. The van der Waals surface area contributed by atoms with Gasteiger partial charge in [-0.1, -0.05) is 28.5 Å². The van der Waals surface area contributed by atoms with E-state index in [1.807, 2.05) is 36.4 Å². The molecule has 3 rings (SSSR count). The van der Waals surface area contributed by atoms with Crippen molar-refractivity contribution in [2.24, 2.45) is 5.16 Å². The second-order valence-corrected chi connectivity index (χ2v) is 6.86. The average molecular weight is 399 g/mol. The van der Waals surface area contributed by atoms with Gasteiger partial charge in [0.05, 0.1) is 18.9 Å². The highest BCUT2D eigenvalue weighted by molar-refractivity contribution is 7.99. The molecule has 0 N–H and O–H groups in total. The van der Waals surface area contributed by atoms with Crippen molar-refractivity contribution in [1.82, 2.24) is 4.98 Å². The van der Waals surface area contributed by atoms with E-state index in [1.54, 1.807) is 37.6 Å². The van der Waals surface area contributed by atoms with Crippen LogP contribution >= 0.6 is 23.4 Å². The molecule has 0 saturated heterocycles. The highest BCUT2D eigenvalue weighted by atomic mass is 35.5. The number of nitrogens with zero attached hydrogens (tertiary/aromatic N) is 2. The number of halogens is 1. The van der Waals surface area contributed by atoms with Crippen molar-refractivity contribution in [3.63, 3.8) is 0 Å². The molecule has 7 heteroatoms. The van der Waals surface area contributed by atoms with Gasteiger partial charge in [-0.05, 0) is 60.7 Å². The molecule has 1 heterocycles. The van der Waals surface area contributed by atoms with E-state index in [0.29, 0.717) is 16.3 Å². The summed E-state index contributed by atoms with van der Waals surface area (Å²) >= 11 is 7.40. The summed E-state index contributed by atoms with van der Waals surface area (Å²) in [5.74, 6) is 0.120. The zero-order chi connectivity index (χ0) is 19.1. The van der Waals surface area contributed by atoms with Crippen LogP contribution in [0.5, 0.6) is 5.75 Å². The van der Waals surface area contributed by atoms with Crippen LogP contribution in [0.4, 0.5) is 0 Å². The molecule has 0 fully saturated rings. The van der Waals surface area contributed by atoms with Crippen LogP contribution in [0.3, 0.4) is 0 Å². The molecule has 0 amide bonds. The maximum atomic E-state index is 11.9. The highest BCUT2D eigenvalue weighted by Gasteiger charge is 2.06. The number of benzene rings is 2. The van der Waals surface area contributed by atoms with Crippen molar-refractivity contribution in [2.45, 2.75) is 9.92 Å². The fraction of sp³-hybridized carbons (Fsp3) is 0.0500. The lowest BCUT2D eigenvalue weighted by Crippen LogP contribution is -2.01. The molecule has 0 unspecified atom stereocenters. The number of hydrogen-bond acceptors (Lipinski definition) is 6. The van der Waals surface area contributed by atoms with Crippen LogP contribution in [0.15, 0.2) is 81.9 Å². The largest absolute Gasteiger partial charge is 0.497 e. The SMILES string of the molecule is COc1ccc(C(=O)O/N=C/c2ccc(Sc3ccc(Cl)cc3)nc2)cc1. The molecule has 0 bridgehead atoms. The Balaban J connectivity index is 1.55. The van der Waals surface area contributed by atoms with Crippen molar-refractivity contribution in [3.05, 3.63) is 83.0 Å². The van der Waals surface area contributed by atoms with E-state index in [-0.39, 0.29) is 0 Å². The van der Waals surface area contributed by atoms with Gasteiger partial charge in [0.25, 0.3) is 0 Å². The van der Waals surface area contributed by atoms with Gasteiger partial charge in [-0.25, -0.2) is 9.78 Å². The summed E-state index contributed by atoms with van der Waals surface area (Å²) in [6.45, 7) is 0. The van der Waals surface area contributed by atoms with Gasteiger partial charge in [-0.2, -0.15) is 0 Å². The predicted molar refractivity (Wildman–Crippen MR) is 106 cm³/mol. The second kappa shape index (κ2) is 9.21. The Kier molecular flexibility index (Phi) is 6.46. The number of hydrogen-bond donors (Lipinski definition) is 0. The summed E-state index contributed by atoms with van der Waals surface area (Å²) < 4.78 is 5.04. The summed E-state index contributed by atoms with van der Waals surface area (Å²) in [6, 6.07) is 17.8. The van der Waals surface area contributed by atoms with Crippen LogP contribution in [-0.4, -0.2) is 24.3 Å². The van der Waals surface area contributed by atoms with Crippen LogP contribution in [-0.2, 0) is 4.84 Å². The lowest BCUT2D eigenvalue weighted by atomic mass is 10.2. The minimum Gasteiger partial charge on any atom is -0.497 e. The maximum absolute atomic E-state index is 11.9. The van der Waals surface area contributed by atoms with Crippen LogP contribution in [0.2, 0.25) is 5.02 Å². The molecular formula is C20H15ClN2O3S. The first kappa shape index (κ1) is 18.9. The number of rotatable bonds is 6. The Morgan fingerprint density at radius 2 is 1.81 bits per heavy atom. The normalized spacial score (nSPS) is 10.7. The van der Waals surface area contributed by atoms with E-state index in [0.717, 1.165) is 15.5 Å². The molecule has 3 aromatic rings. The Morgan fingerprint density at radius 3 is 2.44 bits per heavy atom. The minimum absolute atomic E-state index is 0.390. The molecule has 0 radical (unpaired) electrons. The molecule has 5 nitrogen and oxygen atoms in total. The van der Waals surface area contributed by atoms with Crippen LogP contribution < -0.4 is 4.74 Å². The third-order valence-corrected chi connectivity index (χ3v) is 4.67. The zero-order valence-electron chi connectivity index (χ0n) is 14.3. The third kappa shape index (κ3) is 5.57. The Bertz CT molecular complexity index is 927. The van der Waals surface area contributed by atoms with Gasteiger partial charge in [0.2, 0.25) is 0 Å². The number of methoxy groups -OCH3 is 1. The molecule has 0 saturated carbocycles. The van der Waals surface area contributed by atoms with E-state index >= 15 is 0 Å². The monoisotopic (exact) mass is 398 g/mol.